The van der Waals surface area contributed by atoms with Crippen LogP contribution in [0.1, 0.15) is 51.9 Å². The lowest BCUT2D eigenvalue weighted by molar-refractivity contribution is 0.328. The van der Waals surface area contributed by atoms with Crippen molar-refractivity contribution >= 4 is 0 Å². The van der Waals surface area contributed by atoms with Gasteiger partial charge in [0.1, 0.15) is 0 Å². The van der Waals surface area contributed by atoms with Crippen LogP contribution in [0.3, 0.4) is 0 Å². The average Bonchev–Trinajstić information content (AvgIpc) is 2.75. The van der Waals surface area contributed by atoms with Gasteiger partial charge >= 0.3 is 0 Å². The minimum Gasteiger partial charge on any atom is -0.317 e. The number of rotatable bonds is 9. The molecule has 90 valence electrons. The van der Waals surface area contributed by atoms with E-state index in [0.29, 0.717) is 0 Å². The Labute approximate surface area is 95.4 Å². The summed E-state index contributed by atoms with van der Waals surface area (Å²) in [6, 6.07) is 0. The first-order chi connectivity index (χ1) is 7.43. The molecule has 0 atom stereocenters. The van der Waals surface area contributed by atoms with Gasteiger partial charge in [-0.25, -0.2) is 0 Å². The molecule has 2 heteroatoms. The zero-order valence-electron chi connectivity index (χ0n) is 10.4. The third-order valence-corrected chi connectivity index (χ3v) is 3.20. The summed E-state index contributed by atoms with van der Waals surface area (Å²) in [5.74, 6) is 0. The molecule has 15 heavy (non-hydrogen) atoms. The van der Waals surface area contributed by atoms with Crippen LogP contribution in [0.4, 0.5) is 0 Å². The summed E-state index contributed by atoms with van der Waals surface area (Å²) in [6.45, 7) is 8.70. The van der Waals surface area contributed by atoms with Crippen LogP contribution in [-0.2, 0) is 0 Å². The van der Waals surface area contributed by atoms with Crippen molar-refractivity contribution in [1.29, 1.82) is 0 Å². The molecule has 1 heterocycles. The van der Waals surface area contributed by atoms with Crippen LogP contribution in [-0.4, -0.2) is 37.6 Å². The van der Waals surface area contributed by atoms with E-state index in [-0.39, 0.29) is 0 Å². The van der Waals surface area contributed by atoms with E-state index in [1.807, 2.05) is 0 Å². The van der Waals surface area contributed by atoms with Crippen LogP contribution in [0.15, 0.2) is 0 Å². The Morgan fingerprint density at radius 3 is 2.40 bits per heavy atom. The summed E-state index contributed by atoms with van der Waals surface area (Å²) in [7, 11) is 0. The fourth-order valence-electron chi connectivity index (χ4n) is 2.25. The van der Waals surface area contributed by atoms with Gasteiger partial charge in [-0.15, -0.1) is 0 Å². The first-order valence-electron chi connectivity index (χ1n) is 6.86. The van der Waals surface area contributed by atoms with Crippen LogP contribution in [0.25, 0.3) is 0 Å². The molecule has 0 saturated carbocycles. The van der Waals surface area contributed by atoms with E-state index in [4.69, 9.17) is 0 Å². The fourth-order valence-corrected chi connectivity index (χ4v) is 2.25. The molecule has 0 aromatic rings. The van der Waals surface area contributed by atoms with Crippen molar-refractivity contribution < 1.29 is 0 Å². The summed E-state index contributed by atoms with van der Waals surface area (Å²) in [4.78, 5) is 2.62. The quantitative estimate of drug-likeness (QED) is 0.591. The zero-order valence-corrected chi connectivity index (χ0v) is 10.4. The molecule has 0 amide bonds. The van der Waals surface area contributed by atoms with Gasteiger partial charge < -0.3 is 10.2 Å². The minimum absolute atomic E-state index is 1.19. The highest BCUT2D eigenvalue weighted by molar-refractivity contribution is 4.65. The Kier molecular flexibility index (Phi) is 7.94. The van der Waals surface area contributed by atoms with Gasteiger partial charge in [-0.2, -0.15) is 0 Å². The molecule has 0 aliphatic carbocycles. The Morgan fingerprint density at radius 2 is 1.67 bits per heavy atom. The number of hydrogen-bond donors (Lipinski definition) is 1. The van der Waals surface area contributed by atoms with E-state index < -0.39 is 0 Å². The van der Waals surface area contributed by atoms with E-state index >= 15 is 0 Å². The largest absolute Gasteiger partial charge is 0.317 e. The molecule has 0 aromatic heterocycles. The molecule has 0 bridgehead atoms. The second-order valence-corrected chi connectivity index (χ2v) is 4.71. The van der Waals surface area contributed by atoms with Gasteiger partial charge in [0.2, 0.25) is 0 Å². The van der Waals surface area contributed by atoms with E-state index in [1.54, 1.807) is 0 Å². The third kappa shape index (κ3) is 6.91. The van der Waals surface area contributed by atoms with E-state index in [1.165, 1.54) is 77.7 Å². The normalized spacial score (nSPS) is 17.4. The Morgan fingerprint density at radius 1 is 0.933 bits per heavy atom. The monoisotopic (exact) mass is 212 g/mol. The van der Waals surface area contributed by atoms with Gasteiger partial charge in [-0.1, -0.05) is 19.8 Å². The highest BCUT2D eigenvalue weighted by Crippen LogP contribution is 2.09. The molecule has 2 nitrogen and oxygen atoms in total. The van der Waals surface area contributed by atoms with Gasteiger partial charge in [0.05, 0.1) is 0 Å². The predicted molar refractivity (Wildman–Crippen MR) is 67.3 cm³/mol. The van der Waals surface area contributed by atoms with Crippen molar-refractivity contribution in [2.75, 3.05) is 32.7 Å². The first-order valence-corrected chi connectivity index (χ1v) is 6.86. The van der Waals surface area contributed by atoms with E-state index in [9.17, 15) is 0 Å². The second kappa shape index (κ2) is 9.17. The number of likely N-dealkylation sites (tertiary alicyclic amines) is 1. The van der Waals surface area contributed by atoms with Crippen molar-refractivity contribution in [3.05, 3.63) is 0 Å². The van der Waals surface area contributed by atoms with Crippen molar-refractivity contribution in [2.45, 2.75) is 51.9 Å². The fraction of sp³-hybridized carbons (Fsp3) is 1.00. The smallest absolute Gasteiger partial charge is 0.00183 e. The maximum atomic E-state index is 3.46. The predicted octanol–water partition coefficient (Wildman–Crippen LogP) is 2.64. The molecule has 0 unspecified atom stereocenters. The molecular formula is C13H28N2. The summed E-state index contributed by atoms with van der Waals surface area (Å²) < 4.78 is 0. The second-order valence-electron chi connectivity index (χ2n) is 4.71. The standard InChI is InChI=1S/C13H28N2/c1-2-9-14-10-5-3-4-6-11-15-12-7-8-13-15/h14H,2-13H2,1H3. The van der Waals surface area contributed by atoms with Crippen LogP contribution in [0.5, 0.6) is 0 Å². The Hall–Kier alpha value is -0.0800. The molecule has 1 saturated heterocycles. The lowest BCUT2D eigenvalue weighted by Gasteiger charge is -2.13. The molecular weight excluding hydrogens is 184 g/mol. The Bertz CT molecular complexity index is 130. The molecule has 0 aromatic carbocycles. The van der Waals surface area contributed by atoms with Crippen molar-refractivity contribution in [1.82, 2.24) is 10.2 Å². The maximum Gasteiger partial charge on any atom is -0.00183 e. The van der Waals surface area contributed by atoms with Crippen LogP contribution in [0, 0.1) is 0 Å². The number of nitrogens with one attached hydrogen (secondary N) is 1. The van der Waals surface area contributed by atoms with Crippen LogP contribution < -0.4 is 5.32 Å². The first kappa shape index (κ1) is 13.0. The van der Waals surface area contributed by atoms with E-state index in [2.05, 4.69) is 17.1 Å². The molecule has 0 spiro atoms. The molecule has 1 aliphatic heterocycles. The summed E-state index contributed by atoms with van der Waals surface area (Å²) in [5, 5.41) is 3.46. The summed E-state index contributed by atoms with van der Waals surface area (Å²) in [6.07, 6.45) is 9.72. The highest BCUT2D eigenvalue weighted by atomic mass is 15.1. The lowest BCUT2D eigenvalue weighted by atomic mass is 10.2. The zero-order chi connectivity index (χ0) is 10.8. The highest BCUT2D eigenvalue weighted by Gasteiger charge is 2.09. The number of unbranched alkanes of at least 4 members (excludes halogenated alkanes) is 3. The average molecular weight is 212 g/mol. The van der Waals surface area contributed by atoms with Gasteiger partial charge in [-0.3, -0.25) is 0 Å². The SMILES string of the molecule is CCCNCCCCCCN1CCCC1. The molecule has 1 rings (SSSR count). The maximum absolute atomic E-state index is 3.46. The van der Waals surface area contributed by atoms with Crippen molar-refractivity contribution in [3.63, 3.8) is 0 Å². The molecule has 0 radical (unpaired) electrons. The van der Waals surface area contributed by atoms with Gasteiger partial charge in [-0.05, 0) is 64.8 Å². The Balaban J connectivity index is 1.73. The lowest BCUT2D eigenvalue weighted by Crippen LogP contribution is -2.20. The minimum atomic E-state index is 1.19. The number of nitrogens with zero attached hydrogens (tertiary/aromatic N) is 1. The van der Waals surface area contributed by atoms with Crippen LogP contribution >= 0.6 is 0 Å². The topological polar surface area (TPSA) is 15.3 Å². The third-order valence-electron chi connectivity index (χ3n) is 3.20. The van der Waals surface area contributed by atoms with Gasteiger partial charge in [0.15, 0.2) is 0 Å². The van der Waals surface area contributed by atoms with Crippen LogP contribution in [0.2, 0.25) is 0 Å². The van der Waals surface area contributed by atoms with Gasteiger partial charge in [0.25, 0.3) is 0 Å². The van der Waals surface area contributed by atoms with Gasteiger partial charge in [0, 0.05) is 0 Å². The van der Waals surface area contributed by atoms with Crippen molar-refractivity contribution in [2.24, 2.45) is 0 Å². The molecule has 1 aliphatic rings. The molecule has 1 N–H and O–H groups in total. The van der Waals surface area contributed by atoms with E-state index in [0.717, 1.165) is 0 Å². The molecule has 1 fully saturated rings. The summed E-state index contributed by atoms with van der Waals surface area (Å²) >= 11 is 0. The number of hydrogen-bond acceptors (Lipinski definition) is 2. The summed E-state index contributed by atoms with van der Waals surface area (Å²) in [5.41, 5.74) is 0. The van der Waals surface area contributed by atoms with Crippen molar-refractivity contribution in [3.8, 4) is 0 Å².